The number of nitrogens with zero attached hydrogens (tertiary/aromatic N) is 1. The first-order valence-corrected chi connectivity index (χ1v) is 9.04. The Kier molecular flexibility index (Phi) is 3.83. The molecule has 2 heteroatoms. The lowest BCUT2D eigenvalue weighted by Gasteiger charge is -2.31. The average Bonchev–Trinajstić information content (AvgIpc) is 2.84. The summed E-state index contributed by atoms with van der Waals surface area (Å²) >= 11 is 3.62. The third-order valence-corrected chi connectivity index (χ3v) is 6.09. The quantitative estimate of drug-likeness (QED) is 0.757. The van der Waals surface area contributed by atoms with Crippen LogP contribution in [0.2, 0.25) is 0 Å². The SMILES string of the molecule is CN1CC2c3ccc(Br)cc3CCC2C1Cc1ccccc1. The number of halogens is 1. The van der Waals surface area contributed by atoms with Crippen molar-refractivity contribution < 1.29 is 0 Å². The lowest BCUT2D eigenvalue weighted by molar-refractivity contribution is 0.259. The van der Waals surface area contributed by atoms with Crippen molar-refractivity contribution in [3.05, 3.63) is 69.7 Å². The van der Waals surface area contributed by atoms with Crippen LogP contribution in [0, 0.1) is 5.92 Å². The molecule has 1 saturated heterocycles. The van der Waals surface area contributed by atoms with Crippen molar-refractivity contribution in [1.82, 2.24) is 4.90 Å². The van der Waals surface area contributed by atoms with Gasteiger partial charge in [-0.1, -0.05) is 52.3 Å². The van der Waals surface area contributed by atoms with E-state index in [9.17, 15) is 0 Å². The Morgan fingerprint density at radius 3 is 2.77 bits per heavy atom. The Morgan fingerprint density at radius 1 is 1.14 bits per heavy atom. The van der Waals surface area contributed by atoms with E-state index < -0.39 is 0 Å². The van der Waals surface area contributed by atoms with Gasteiger partial charge in [-0.2, -0.15) is 0 Å². The molecule has 1 heterocycles. The van der Waals surface area contributed by atoms with Crippen LogP contribution in [0.4, 0.5) is 0 Å². The first-order valence-electron chi connectivity index (χ1n) is 8.25. The zero-order valence-corrected chi connectivity index (χ0v) is 14.6. The third-order valence-electron chi connectivity index (χ3n) is 5.60. The van der Waals surface area contributed by atoms with Crippen molar-refractivity contribution in [2.75, 3.05) is 13.6 Å². The second-order valence-corrected chi connectivity index (χ2v) is 7.76. The van der Waals surface area contributed by atoms with Gasteiger partial charge in [-0.15, -0.1) is 0 Å². The largest absolute Gasteiger partial charge is 0.302 e. The average molecular weight is 356 g/mol. The van der Waals surface area contributed by atoms with Crippen LogP contribution in [-0.4, -0.2) is 24.5 Å². The van der Waals surface area contributed by atoms with Crippen molar-refractivity contribution in [1.29, 1.82) is 0 Å². The molecule has 0 amide bonds. The molecule has 114 valence electrons. The van der Waals surface area contributed by atoms with E-state index in [1.165, 1.54) is 35.8 Å². The third kappa shape index (κ3) is 2.53. The van der Waals surface area contributed by atoms with Gasteiger partial charge in [0.2, 0.25) is 0 Å². The van der Waals surface area contributed by atoms with Crippen molar-refractivity contribution in [2.45, 2.75) is 31.2 Å². The smallest absolute Gasteiger partial charge is 0.0178 e. The van der Waals surface area contributed by atoms with Gasteiger partial charge in [-0.05, 0) is 61.1 Å². The maximum absolute atomic E-state index is 3.62. The fraction of sp³-hybridized carbons (Fsp3) is 0.400. The molecular formula is C20H22BrN. The predicted octanol–water partition coefficient (Wildman–Crippen LogP) is 4.65. The minimum Gasteiger partial charge on any atom is -0.302 e. The number of fused-ring (bicyclic) bond motifs is 3. The standard InChI is InChI=1S/C20H22BrN/c1-22-13-19-17-10-8-16(21)12-15(17)7-9-18(19)20(22)11-14-5-3-2-4-6-14/h2-6,8,10,12,18-20H,7,9,11,13H2,1H3. The number of aryl methyl sites for hydroxylation is 1. The van der Waals surface area contributed by atoms with Gasteiger partial charge in [0.25, 0.3) is 0 Å². The molecule has 1 aliphatic heterocycles. The Balaban J connectivity index is 1.61. The second kappa shape index (κ2) is 5.82. The fourth-order valence-electron chi connectivity index (χ4n) is 4.54. The lowest BCUT2D eigenvalue weighted by atomic mass is 9.74. The van der Waals surface area contributed by atoms with Crippen LogP contribution in [0.5, 0.6) is 0 Å². The summed E-state index contributed by atoms with van der Waals surface area (Å²) in [6.07, 6.45) is 3.75. The van der Waals surface area contributed by atoms with Crippen LogP contribution in [0.3, 0.4) is 0 Å². The molecule has 0 aromatic heterocycles. The molecule has 0 radical (unpaired) electrons. The number of likely N-dealkylation sites (tertiary alicyclic amines) is 1. The van der Waals surface area contributed by atoms with E-state index in [0.717, 1.165) is 11.8 Å². The Bertz CT molecular complexity index is 667. The fourth-order valence-corrected chi connectivity index (χ4v) is 4.94. The molecule has 1 nitrogen and oxygen atoms in total. The Morgan fingerprint density at radius 2 is 1.95 bits per heavy atom. The molecule has 0 bridgehead atoms. The van der Waals surface area contributed by atoms with Crippen LogP contribution in [0.1, 0.15) is 29.0 Å². The number of hydrogen-bond donors (Lipinski definition) is 0. The van der Waals surface area contributed by atoms with Gasteiger partial charge in [0.15, 0.2) is 0 Å². The molecule has 1 fully saturated rings. The molecule has 0 saturated carbocycles. The van der Waals surface area contributed by atoms with Crippen LogP contribution >= 0.6 is 15.9 Å². The summed E-state index contributed by atoms with van der Waals surface area (Å²) in [6.45, 7) is 1.21. The van der Waals surface area contributed by atoms with Crippen LogP contribution < -0.4 is 0 Å². The molecule has 0 spiro atoms. The van der Waals surface area contributed by atoms with E-state index in [4.69, 9.17) is 0 Å². The number of rotatable bonds is 2. The van der Waals surface area contributed by atoms with E-state index in [-0.39, 0.29) is 0 Å². The van der Waals surface area contributed by atoms with E-state index >= 15 is 0 Å². The van der Waals surface area contributed by atoms with Crippen molar-refractivity contribution in [3.63, 3.8) is 0 Å². The monoisotopic (exact) mass is 355 g/mol. The molecule has 0 N–H and O–H groups in total. The zero-order valence-electron chi connectivity index (χ0n) is 13.0. The molecule has 3 atom stereocenters. The topological polar surface area (TPSA) is 3.24 Å². The van der Waals surface area contributed by atoms with Gasteiger partial charge >= 0.3 is 0 Å². The number of benzene rings is 2. The van der Waals surface area contributed by atoms with Crippen LogP contribution in [0.25, 0.3) is 0 Å². The highest BCUT2D eigenvalue weighted by Gasteiger charge is 2.42. The highest BCUT2D eigenvalue weighted by molar-refractivity contribution is 9.10. The maximum Gasteiger partial charge on any atom is 0.0178 e. The molecule has 3 unspecified atom stereocenters. The van der Waals surface area contributed by atoms with E-state index in [1.54, 1.807) is 11.1 Å². The molecule has 2 aromatic rings. The molecule has 2 aliphatic rings. The predicted molar refractivity (Wildman–Crippen MR) is 95.3 cm³/mol. The zero-order chi connectivity index (χ0) is 15.1. The lowest BCUT2D eigenvalue weighted by Crippen LogP contribution is -2.32. The number of likely N-dealkylation sites (N-methyl/N-ethyl adjacent to an activating group) is 1. The van der Waals surface area contributed by atoms with Gasteiger partial charge in [-0.25, -0.2) is 0 Å². The summed E-state index contributed by atoms with van der Waals surface area (Å²) in [6, 6.07) is 18.6. The van der Waals surface area contributed by atoms with Crippen molar-refractivity contribution >= 4 is 15.9 Å². The minimum atomic E-state index is 0.684. The highest BCUT2D eigenvalue weighted by Crippen LogP contribution is 2.45. The summed E-state index contributed by atoms with van der Waals surface area (Å²) in [5.74, 6) is 1.52. The highest BCUT2D eigenvalue weighted by atomic mass is 79.9. The van der Waals surface area contributed by atoms with Crippen LogP contribution in [-0.2, 0) is 12.8 Å². The summed E-state index contributed by atoms with van der Waals surface area (Å²) in [5.41, 5.74) is 4.63. The first-order chi connectivity index (χ1) is 10.7. The molecule has 4 rings (SSSR count). The van der Waals surface area contributed by atoms with E-state index in [2.05, 4.69) is 76.4 Å². The van der Waals surface area contributed by atoms with Crippen LogP contribution in [0.15, 0.2) is 53.0 Å². The first kappa shape index (κ1) is 14.5. The van der Waals surface area contributed by atoms with E-state index in [1.807, 2.05) is 0 Å². The summed E-state index contributed by atoms with van der Waals surface area (Å²) in [4.78, 5) is 2.60. The summed E-state index contributed by atoms with van der Waals surface area (Å²) in [7, 11) is 2.31. The molecule has 1 aliphatic carbocycles. The Labute approximate surface area is 141 Å². The van der Waals surface area contributed by atoms with Gasteiger partial charge in [-0.3, -0.25) is 0 Å². The van der Waals surface area contributed by atoms with E-state index in [0.29, 0.717) is 6.04 Å². The summed E-state index contributed by atoms with van der Waals surface area (Å²) < 4.78 is 1.22. The maximum atomic E-state index is 3.62. The molecule has 2 aromatic carbocycles. The van der Waals surface area contributed by atoms with Gasteiger partial charge in [0.1, 0.15) is 0 Å². The normalized spacial score (nSPS) is 27.5. The molecular weight excluding hydrogens is 334 g/mol. The number of hydrogen-bond acceptors (Lipinski definition) is 1. The second-order valence-electron chi connectivity index (χ2n) is 6.85. The van der Waals surface area contributed by atoms with Crippen molar-refractivity contribution in [2.24, 2.45) is 5.92 Å². The summed E-state index contributed by atoms with van der Waals surface area (Å²) in [5, 5.41) is 0. The molecule has 22 heavy (non-hydrogen) atoms. The van der Waals surface area contributed by atoms with Gasteiger partial charge in [0, 0.05) is 23.0 Å². The van der Waals surface area contributed by atoms with Crippen molar-refractivity contribution in [3.8, 4) is 0 Å². The van der Waals surface area contributed by atoms with Gasteiger partial charge < -0.3 is 4.90 Å². The van der Waals surface area contributed by atoms with Gasteiger partial charge in [0.05, 0.1) is 0 Å². The minimum absolute atomic E-state index is 0.684. The Hall–Kier alpha value is -1.12.